The van der Waals surface area contributed by atoms with Crippen LogP contribution in [0.1, 0.15) is 39.0 Å². The van der Waals surface area contributed by atoms with Crippen molar-refractivity contribution in [2.45, 2.75) is 33.2 Å². The van der Waals surface area contributed by atoms with Crippen LogP contribution in [-0.4, -0.2) is 0 Å². The van der Waals surface area contributed by atoms with Crippen molar-refractivity contribution in [2.75, 3.05) is 0 Å². The van der Waals surface area contributed by atoms with Gasteiger partial charge in [-0.15, -0.1) is 0 Å². The Morgan fingerprint density at radius 2 is 2.00 bits per heavy atom. The molecule has 0 aliphatic rings. The van der Waals surface area contributed by atoms with Gasteiger partial charge in [-0.2, -0.15) is 0 Å². The lowest BCUT2D eigenvalue weighted by Gasteiger charge is -2.28. The number of hydrogen-bond donors (Lipinski definition) is 1. The molecule has 1 atom stereocenters. The topological polar surface area (TPSA) is 39.2 Å². The van der Waals surface area contributed by atoms with Crippen LogP contribution in [0.4, 0.5) is 0 Å². The fourth-order valence-electron chi connectivity index (χ4n) is 1.76. The van der Waals surface area contributed by atoms with Gasteiger partial charge in [-0.3, -0.25) is 0 Å². The van der Waals surface area contributed by atoms with E-state index in [0.29, 0.717) is 0 Å². The first-order valence-electron chi connectivity index (χ1n) is 5.78. The molecule has 2 N–H and O–H groups in total. The van der Waals surface area contributed by atoms with E-state index in [1.807, 2.05) is 24.3 Å². The number of hydrogen-bond acceptors (Lipinski definition) is 2. The van der Waals surface area contributed by atoms with Crippen molar-refractivity contribution in [2.24, 2.45) is 11.1 Å². The summed E-state index contributed by atoms with van der Waals surface area (Å²) >= 11 is 0. The average molecular weight is 217 g/mol. The molecule has 0 fully saturated rings. The van der Waals surface area contributed by atoms with E-state index < -0.39 is 0 Å². The predicted octanol–water partition coefficient (Wildman–Crippen LogP) is 3.87. The van der Waals surface area contributed by atoms with Gasteiger partial charge >= 0.3 is 0 Å². The Labute approximate surface area is 96.4 Å². The van der Waals surface area contributed by atoms with Crippen molar-refractivity contribution >= 4 is 11.0 Å². The van der Waals surface area contributed by atoms with Crippen LogP contribution in [0.2, 0.25) is 0 Å². The number of nitrogens with two attached hydrogens (primary N) is 1. The summed E-state index contributed by atoms with van der Waals surface area (Å²) < 4.78 is 5.79. The molecule has 1 heterocycles. The quantitative estimate of drug-likeness (QED) is 0.847. The SMILES string of the molecule is CCC(C)(C)[C@@H](N)c1cc2ccccc2o1. The Morgan fingerprint density at radius 3 is 2.62 bits per heavy atom. The van der Waals surface area contributed by atoms with E-state index in [2.05, 4.69) is 26.8 Å². The second-order valence-corrected chi connectivity index (χ2v) is 5.01. The smallest absolute Gasteiger partial charge is 0.134 e. The van der Waals surface area contributed by atoms with E-state index in [4.69, 9.17) is 10.2 Å². The summed E-state index contributed by atoms with van der Waals surface area (Å²) in [5.41, 5.74) is 7.23. The second-order valence-electron chi connectivity index (χ2n) is 5.01. The van der Waals surface area contributed by atoms with Crippen LogP contribution < -0.4 is 5.73 Å². The van der Waals surface area contributed by atoms with Gasteiger partial charge in [0.25, 0.3) is 0 Å². The monoisotopic (exact) mass is 217 g/mol. The molecule has 1 aromatic heterocycles. The number of rotatable bonds is 3. The summed E-state index contributed by atoms with van der Waals surface area (Å²) in [5.74, 6) is 0.882. The van der Waals surface area contributed by atoms with E-state index in [1.165, 1.54) is 0 Å². The van der Waals surface area contributed by atoms with Gasteiger partial charge in [0.05, 0.1) is 6.04 Å². The molecule has 0 spiro atoms. The normalized spacial score (nSPS) is 14.2. The molecule has 16 heavy (non-hydrogen) atoms. The zero-order chi connectivity index (χ0) is 11.8. The molecule has 2 heteroatoms. The third-order valence-electron chi connectivity index (χ3n) is 3.50. The molecule has 0 aliphatic heterocycles. The third kappa shape index (κ3) is 1.85. The van der Waals surface area contributed by atoms with Gasteiger partial charge in [-0.1, -0.05) is 39.0 Å². The summed E-state index contributed by atoms with van der Waals surface area (Å²) in [5, 5.41) is 1.12. The highest BCUT2D eigenvalue weighted by Gasteiger charge is 2.28. The van der Waals surface area contributed by atoms with Crippen molar-refractivity contribution < 1.29 is 4.42 Å². The molecule has 0 saturated carbocycles. The minimum absolute atomic E-state index is 0.0510. The van der Waals surface area contributed by atoms with Crippen LogP contribution in [0.15, 0.2) is 34.7 Å². The van der Waals surface area contributed by atoms with Crippen LogP contribution >= 0.6 is 0 Å². The molecular formula is C14H19NO. The van der Waals surface area contributed by atoms with E-state index in [9.17, 15) is 0 Å². The molecule has 0 radical (unpaired) electrons. The predicted molar refractivity (Wildman–Crippen MR) is 67.2 cm³/mol. The largest absolute Gasteiger partial charge is 0.459 e. The van der Waals surface area contributed by atoms with Gasteiger partial charge in [-0.05, 0) is 24.0 Å². The Hall–Kier alpha value is -1.28. The van der Waals surface area contributed by atoms with Crippen molar-refractivity contribution in [3.63, 3.8) is 0 Å². The molecule has 86 valence electrons. The van der Waals surface area contributed by atoms with E-state index in [0.717, 1.165) is 23.2 Å². The summed E-state index contributed by atoms with van der Waals surface area (Å²) in [6.07, 6.45) is 1.03. The van der Waals surface area contributed by atoms with Gasteiger partial charge in [-0.25, -0.2) is 0 Å². The Balaban J connectivity index is 2.40. The van der Waals surface area contributed by atoms with Gasteiger partial charge in [0.2, 0.25) is 0 Å². The molecule has 0 saturated heterocycles. The molecule has 0 amide bonds. The Bertz CT molecular complexity index is 451. The Kier molecular flexibility index (Phi) is 2.76. The number of fused-ring (bicyclic) bond motifs is 1. The second kappa shape index (κ2) is 3.95. The summed E-state index contributed by atoms with van der Waals surface area (Å²) in [4.78, 5) is 0. The van der Waals surface area contributed by atoms with Gasteiger partial charge in [0.1, 0.15) is 11.3 Å². The highest BCUT2D eigenvalue weighted by Crippen LogP contribution is 2.36. The van der Waals surface area contributed by atoms with E-state index in [-0.39, 0.29) is 11.5 Å². The van der Waals surface area contributed by atoms with Crippen molar-refractivity contribution in [1.29, 1.82) is 0 Å². The fourth-order valence-corrected chi connectivity index (χ4v) is 1.76. The van der Waals surface area contributed by atoms with Crippen LogP contribution in [0.3, 0.4) is 0 Å². The number of para-hydroxylation sites is 1. The maximum atomic E-state index is 6.25. The molecule has 1 aromatic carbocycles. The lowest BCUT2D eigenvalue weighted by Crippen LogP contribution is -2.28. The minimum atomic E-state index is -0.0510. The van der Waals surface area contributed by atoms with E-state index >= 15 is 0 Å². The molecule has 0 unspecified atom stereocenters. The van der Waals surface area contributed by atoms with Crippen molar-refractivity contribution in [3.8, 4) is 0 Å². The highest BCUT2D eigenvalue weighted by atomic mass is 16.3. The zero-order valence-corrected chi connectivity index (χ0v) is 10.2. The molecule has 2 nitrogen and oxygen atoms in total. The van der Waals surface area contributed by atoms with Crippen LogP contribution in [0.25, 0.3) is 11.0 Å². The standard InChI is InChI=1S/C14H19NO/c1-4-14(2,3)13(15)12-9-10-7-5-6-8-11(10)16-12/h5-9,13H,4,15H2,1-3H3/t13-/m0/s1. The highest BCUT2D eigenvalue weighted by molar-refractivity contribution is 5.77. The fraction of sp³-hybridized carbons (Fsp3) is 0.429. The zero-order valence-electron chi connectivity index (χ0n) is 10.2. The van der Waals surface area contributed by atoms with Crippen LogP contribution in [0.5, 0.6) is 0 Å². The summed E-state index contributed by atoms with van der Waals surface area (Å²) in [7, 11) is 0. The van der Waals surface area contributed by atoms with Gasteiger partial charge < -0.3 is 10.2 Å². The maximum absolute atomic E-state index is 6.25. The first-order valence-corrected chi connectivity index (χ1v) is 5.78. The first kappa shape index (κ1) is 11.2. The molecular weight excluding hydrogens is 198 g/mol. The van der Waals surface area contributed by atoms with Crippen LogP contribution in [0, 0.1) is 5.41 Å². The number of furan rings is 1. The Morgan fingerprint density at radius 1 is 1.31 bits per heavy atom. The van der Waals surface area contributed by atoms with E-state index in [1.54, 1.807) is 0 Å². The van der Waals surface area contributed by atoms with Gasteiger partial charge in [0, 0.05) is 5.39 Å². The van der Waals surface area contributed by atoms with Crippen molar-refractivity contribution in [3.05, 3.63) is 36.1 Å². The van der Waals surface area contributed by atoms with Crippen LogP contribution in [-0.2, 0) is 0 Å². The molecule has 2 rings (SSSR count). The average Bonchev–Trinajstić information content (AvgIpc) is 2.71. The maximum Gasteiger partial charge on any atom is 0.134 e. The first-order chi connectivity index (χ1) is 7.54. The lowest BCUT2D eigenvalue weighted by atomic mass is 9.81. The van der Waals surface area contributed by atoms with Gasteiger partial charge in [0.15, 0.2) is 0 Å². The molecule has 2 aromatic rings. The molecule has 0 aliphatic carbocycles. The lowest BCUT2D eigenvalue weighted by molar-refractivity contribution is 0.251. The number of benzene rings is 1. The van der Waals surface area contributed by atoms with Crippen molar-refractivity contribution in [1.82, 2.24) is 0 Å². The summed E-state index contributed by atoms with van der Waals surface area (Å²) in [6.45, 7) is 6.50. The minimum Gasteiger partial charge on any atom is -0.459 e. The third-order valence-corrected chi connectivity index (χ3v) is 3.50. The summed E-state index contributed by atoms with van der Waals surface area (Å²) in [6, 6.07) is 10.0. The molecule has 0 bridgehead atoms.